The van der Waals surface area contributed by atoms with Crippen LogP contribution in [0.3, 0.4) is 0 Å². The smallest absolute Gasteiger partial charge is 0.338 e. The number of hydrogen-bond donors (Lipinski definition) is 1. The molecule has 0 radical (unpaired) electrons. The number of aliphatic hydroxyl groups excluding tert-OH is 1. The number of carbonyl (C=O) groups excluding carboxylic acids is 1. The third kappa shape index (κ3) is 4.75. The fourth-order valence-electron chi connectivity index (χ4n) is 2.35. The van der Waals surface area contributed by atoms with Gasteiger partial charge < -0.3 is 19.0 Å². The lowest BCUT2D eigenvalue weighted by molar-refractivity contribution is -0.146. The molecule has 26 heavy (non-hydrogen) atoms. The van der Waals surface area contributed by atoms with Gasteiger partial charge >= 0.3 is 5.97 Å². The third-order valence-corrected chi connectivity index (χ3v) is 9.68. The van der Waals surface area contributed by atoms with Crippen molar-refractivity contribution < 1.29 is 23.8 Å². The Morgan fingerprint density at radius 2 is 1.85 bits per heavy atom. The molecule has 0 amide bonds. The quantitative estimate of drug-likeness (QED) is 0.578. The molecule has 6 heteroatoms. The molecule has 1 aromatic rings. The molecule has 1 N–H and O–H groups in total. The number of esters is 1. The normalized spacial score (nSPS) is 19.5. The summed E-state index contributed by atoms with van der Waals surface area (Å²) < 4.78 is 17.2. The molecule has 1 aromatic carbocycles. The molecular formula is C20H30O5Si. The van der Waals surface area contributed by atoms with Crippen LogP contribution >= 0.6 is 0 Å². The number of cyclic esters (lactones) is 1. The van der Waals surface area contributed by atoms with Crippen LogP contribution in [0.25, 0.3) is 0 Å². The Bertz CT molecular complexity index is 661. The minimum atomic E-state index is -2.00. The molecule has 0 saturated heterocycles. The summed E-state index contributed by atoms with van der Waals surface area (Å²) in [6.07, 6.45) is -1.78. The summed E-state index contributed by atoms with van der Waals surface area (Å²) >= 11 is 0. The minimum Gasteiger partial charge on any atom is -0.489 e. The first kappa shape index (κ1) is 20.7. The average molecular weight is 379 g/mol. The Morgan fingerprint density at radius 1 is 1.23 bits per heavy atom. The second-order valence-electron chi connectivity index (χ2n) is 8.23. The van der Waals surface area contributed by atoms with Crippen molar-refractivity contribution in [2.75, 3.05) is 6.61 Å². The summed E-state index contributed by atoms with van der Waals surface area (Å²) in [5, 5.41) is 10.6. The van der Waals surface area contributed by atoms with Crippen molar-refractivity contribution in [2.24, 2.45) is 0 Å². The first-order valence-corrected chi connectivity index (χ1v) is 11.8. The SMILES string of the molecule is CC1=C(OCc2ccccc2)[C@@H]([C@@H](O)CO[Si](C)(C)C(C)(C)C)OC1=O. The van der Waals surface area contributed by atoms with Crippen molar-refractivity contribution in [3.05, 3.63) is 47.2 Å². The summed E-state index contributed by atoms with van der Waals surface area (Å²) in [6, 6.07) is 9.67. The summed E-state index contributed by atoms with van der Waals surface area (Å²) in [4.78, 5) is 12.0. The molecule has 0 aliphatic carbocycles. The van der Waals surface area contributed by atoms with Gasteiger partial charge in [-0.1, -0.05) is 51.1 Å². The maximum atomic E-state index is 12.0. The van der Waals surface area contributed by atoms with E-state index < -0.39 is 26.5 Å². The molecule has 1 aliphatic heterocycles. The standard InChI is InChI=1S/C20H30O5Si/c1-14-17(23-12-15-10-8-7-9-11-15)18(25-19(14)22)16(21)13-24-26(5,6)20(2,3)4/h7-11,16,18,21H,12-13H2,1-6H3/t16-,18+/m0/s1. The molecular weight excluding hydrogens is 348 g/mol. The van der Waals surface area contributed by atoms with Gasteiger partial charge in [-0.25, -0.2) is 4.79 Å². The fourth-order valence-corrected chi connectivity index (χ4v) is 3.37. The Morgan fingerprint density at radius 3 is 2.42 bits per heavy atom. The van der Waals surface area contributed by atoms with Crippen molar-refractivity contribution in [1.29, 1.82) is 0 Å². The van der Waals surface area contributed by atoms with E-state index >= 15 is 0 Å². The second kappa shape index (κ2) is 7.94. The van der Waals surface area contributed by atoms with Crippen molar-refractivity contribution in [3.63, 3.8) is 0 Å². The molecule has 0 aromatic heterocycles. The van der Waals surface area contributed by atoms with Crippen molar-refractivity contribution in [2.45, 2.75) is 64.6 Å². The van der Waals surface area contributed by atoms with Gasteiger partial charge in [0.25, 0.3) is 0 Å². The molecule has 1 heterocycles. The predicted molar refractivity (Wildman–Crippen MR) is 103 cm³/mol. The highest BCUT2D eigenvalue weighted by molar-refractivity contribution is 6.74. The Labute approximate surface area is 157 Å². The van der Waals surface area contributed by atoms with Crippen molar-refractivity contribution >= 4 is 14.3 Å². The number of hydrogen-bond acceptors (Lipinski definition) is 5. The molecule has 0 bridgehead atoms. The summed E-state index contributed by atoms with van der Waals surface area (Å²) in [5.74, 6) is -0.0605. The molecule has 0 saturated carbocycles. The van der Waals surface area contributed by atoms with Crippen LogP contribution < -0.4 is 0 Å². The molecule has 0 unspecified atom stereocenters. The molecule has 5 nitrogen and oxygen atoms in total. The monoisotopic (exact) mass is 378 g/mol. The molecule has 2 rings (SSSR count). The third-order valence-electron chi connectivity index (χ3n) is 5.18. The van der Waals surface area contributed by atoms with Crippen LogP contribution in [0, 0.1) is 0 Å². The van der Waals surface area contributed by atoms with Crippen LogP contribution in [0.4, 0.5) is 0 Å². The van der Waals surface area contributed by atoms with Crippen LogP contribution in [0.5, 0.6) is 0 Å². The number of rotatable bonds is 7. The highest BCUT2D eigenvalue weighted by atomic mass is 28.4. The Balaban J connectivity index is 2.03. The first-order valence-electron chi connectivity index (χ1n) is 8.93. The van der Waals surface area contributed by atoms with E-state index in [1.165, 1.54) is 0 Å². The molecule has 144 valence electrons. The lowest BCUT2D eigenvalue weighted by Crippen LogP contribution is -2.44. The lowest BCUT2D eigenvalue weighted by atomic mass is 10.1. The van der Waals surface area contributed by atoms with E-state index in [2.05, 4.69) is 33.9 Å². The van der Waals surface area contributed by atoms with Gasteiger partial charge in [-0.3, -0.25) is 0 Å². The van der Waals surface area contributed by atoms with E-state index in [-0.39, 0.29) is 11.6 Å². The van der Waals surface area contributed by atoms with Crippen molar-refractivity contribution in [1.82, 2.24) is 0 Å². The predicted octanol–water partition coefficient (Wildman–Crippen LogP) is 3.79. The minimum absolute atomic E-state index is 0.0392. The van der Waals surface area contributed by atoms with E-state index in [1.54, 1.807) is 6.92 Å². The second-order valence-corrected chi connectivity index (χ2v) is 13.0. The topological polar surface area (TPSA) is 65.0 Å². The Hall–Kier alpha value is -1.63. The zero-order valence-electron chi connectivity index (χ0n) is 16.5. The largest absolute Gasteiger partial charge is 0.489 e. The maximum absolute atomic E-state index is 12.0. The zero-order valence-corrected chi connectivity index (χ0v) is 17.5. The van der Waals surface area contributed by atoms with E-state index in [4.69, 9.17) is 13.9 Å². The van der Waals surface area contributed by atoms with Crippen LogP contribution in [-0.4, -0.2) is 38.2 Å². The van der Waals surface area contributed by atoms with E-state index in [1.807, 2.05) is 30.3 Å². The molecule has 1 aliphatic rings. The van der Waals surface area contributed by atoms with Gasteiger partial charge in [0, 0.05) is 0 Å². The average Bonchev–Trinajstić information content (AvgIpc) is 2.86. The van der Waals surface area contributed by atoms with E-state index in [0.717, 1.165) is 5.56 Å². The summed E-state index contributed by atoms with van der Waals surface area (Å²) in [5.41, 5.74) is 1.38. The van der Waals surface area contributed by atoms with Crippen molar-refractivity contribution in [3.8, 4) is 0 Å². The number of ether oxygens (including phenoxy) is 2. The van der Waals surface area contributed by atoms with Gasteiger partial charge in [-0.15, -0.1) is 0 Å². The van der Waals surface area contributed by atoms with Gasteiger partial charge in [-0.2, -0.15) is 0 Å². The van der Waals surface area contributed by atoms with E-state index in [0.29, 0.717) is 17.9 Å². The van der Waals surface area contributed by atoms with Gasteiger partial charge in [0.05, 0.1) is 12.2 Å². The number of aliphatic hydroxyl groups is 1. The zero-order chi connectivity index (χ0) is 19.5. The van der Waals surface area contributed by atoms with Crippen LogP contribution in [-0.2, 0) is 25.3 Å². The van der Waals surface area contributed by atoms with E-state index in [9.17, 15) is 9.90 Å². The molecule has 2 atom stereocenters. The first-order chi connectivity index (χ1) is 12.0. The van der Waals surface area contributed by atoms with Gasteiger partial charge in [0.1, 0.15) is 12.7 Å². The van der Waals surface area contributed by atoms with Gasteiger partial charge in [-0.05, 0) is 30.6 Å². The summed E-state index contributed by atoms with van der Waals surface area (Å²) in [7, 11) is -2.00. The van der Waals surface area contributed by atoms with Crippen LogP contribution in [0.15, 0.2) is 41.7 Å². The number of benzene rings is 1. The van der Waals surface area contributed by atoms with Crippen LogP contribution in [0.1, 0.15) is 33.3 Å². The highest BCUT2D eigenvalue weighted by Crippen LogP contribution is 2.37. The number of carbonyl (C=O) groups is 1. The van der Waals surface area contributed by atoms with Gasteiger partial charge in [0.15, 0.2) is 20.2 Å². The molecule has 0 fully saturated rings. The van der Waals surface area contributed by atoms with Gasteiger partial charge in [0.2, 0.25) is 0 Å². The Kier molecular flexibility index (Phi) is 6.32. The lowest BCUT2D eigenvalue weighted by Gasteiger charge is -2.37. The molecule has 0 spiro atoms. The van der Waals surface area contributed by atoms with Crippen LogP contribution in [0.2, 0.25) is 18.1 Å². The fraction of sp³-hybridized carbons (Fsp3) is 0.550. The maximum Gasteiger partial charge on any atom is 0.338 e. The highest BCUT2D eigenvalue weighted by Gasteiger charge is 2.41. The summed E-state index contributed by atoms with van der Waals surface area (Å²) in [6.45, 7) is 12.7.